The van der Waals surface area contributed by atoms with E-state index in [1.807, 2.05) is 27.7 Å². The van der Waals surface area contributed by atoms with Crippen LogP contribution in [0.25, 0.3) is 0 Å². The van der Waals surface area contributed by atoms with Gasteiger partial charge in [0, 0.05) is 11.0 Å². The molecule has 3 aliphatic rings. The standard InChI is InChI=1S/C12H20N2O3S/c1-8(14-18(17)10(2,3)4)11-5-12(6-11,7-11)13-9(15)16/h13H,5-7H2,1-4H3,(H,15,16)/b14-8+. The summed E-state index contributed by atoms with van der Waals surface area (Å²) in [4.78, 5) is 10.6. The molecule has 0 aliphatic heterocycles. The largest absolute Gasteiger partial charge is 0.591 e. The molecule has 1 amide bonds. The summed E-state index contributed by atoms with van der Waals surface area (Å²) in [5, 5.41) is 11.3. The van der Waals surface area contributed by atoms with E-state index in [4.69, 9.17) is 5.11 Å². The maximum atomic E-state index is 12.0. The number of carbonyl (C=O) groups is 1. The number of amides is 1. The first-order valence-corrected chi connectivity index (χ1v) is 7.18. The zero-order valence-corrected chi connectivity index (χ0v) is 12.1. The van der Waals surface area contributed by atoms with E-state index in [2.05, 4.69) is 9.71 Å². The molecule has 18 heavy (non-hydrogen) atoms. The molecule has 5 nitrogen and oxygen atoms in total. The fourth-order valence-corrected chi connectivity index (χ4v) is 3.61. The lowest BCUT2D eigenvalue weighted by molar-refractivity contribution is -0.0941. The van der Waals surface area contributed by atoms with E-state index in [1.165, 1.54) is 0 Å². The van der Waals surface area contributed by atoms with Gasteiger partial charge in [-0.3, -0.25) is 0 Å². The third kappa shape index (κ3) is 2.12. The van der Waals surface area contributed by atoms with Gasteiger partial charge in [0.1, 0.15) is 16.1 Å². The van der Waals surface area contributed by atoms with Crippen molar-refractivity contribution >= 4 is 23.2 Å². The first-order valence-electron chi connectivity index (χ1n) is 6.08. The molecule has 2 N–H and O–H groups in total. The number of nitrogens with zero attached hydrogens (tertiary/aromatic N) is 1. The van der Waals surface area contributed by atoms with E-state index in [9.17, 15) is 9.35 Å². The van der Waals surface area contributed by atoms with Crippen molar-refractivity contribution in [1.82, 2.24) is 5.32 Å². The summed E-state index contributed by atoms with van der Waals surface area (Å²) < 4.78 is 15.9. The minimum absolute atomic E-state index is 0.00333. The quantitative estimate of drug-likeness (QED) is 0.609. The van der Waals surface area contributed by atoms with Gasteiger partial charge in [0.05, 0.1) is 5.71 Å². The molecule has 3 aliphatic carbocycles. The molecule has 0 aromatic heterocycles. The van der Waals surface area contributed by atoms with Crippen molar-refractivity contribution in [1.29, 1.82) is 0 Å². The van der Waals surface area contributed by atoms with Crippen molar-refractivity contribution in [3.63, 3.8) is 0 Å². The second-order valence-corrected chi connectivity index (χ2v) is 8.46. The Bertz CT molecular complexity index is 394. The predicted molar refractivity (Wildman–Crippen MR) is 71.2 cm³/mol. The third-order valence-corrected chi connectivity index (χ3v) is 5.40. The Balaban J connectivity index is 1.97. The lowest BCUT2D eigenvalue weighted by atomic mass is 9.38. The first kappa shape index (κ1) is 13.7. The fourth-order valence-electron chi connectivity index (χ4n) is 2.89. The van der Waals surface area contributed by atoms with Crippen LogP contribution in [0.2, 0.25) is 0 Å². The zero-order valence-electron chi connectivity index (χ0n) is 11.2. The minimum Gasteiger partial charge on any atom is -0.591 e. The van der Waals surface area contributed by atoms with Gasteiger partial charge in [0.25, 0.3) is 0 Å². The second-order valence-electron chi connectivity index (χ2n) is 6.56. The number of hydrogen-bond donors (Lipinski definition) is 2. The average Bonchev–Trinajstić information content (AvgIpc) is 2.06. The molecular weight excluding hydrogens is 252 g/mol. The molecule has 0 aromatic rings. The molecule has 0 heterocycles. The maximum absolute atomic E-state index is 12.0. The van der Waals surface area contributed by atoms with E-state index >= 15 is 0 Å². The van der Waals surface area contributed by atoms with Crippen molar-refractivity contribution in [3.8, 4) is 0 Å². The summed E-state index contributed by atoms with van der Waals surface area (Å²) in [6, 6.07) is 0. The van der Waals surface area contributed by atoms with E-state index in [1.54, 1.807) is 0 Å². The van der Waals surface area contributed by atoms with Crippen molar-refractivity contribution in [2.45, 2.75) is 57.2 Å². The van der Waals surface area contributed by atoms with Crippen LogP contribution in [0.3, 0.4) is 0 Å². The highest BCUT2D eigenvalue weighted by Gasteiger charge is 2.70. The Morgan fingerprint density at radius 2 is 1.89 bits per heavy atom. The lowest BCUT2D eigenvalue weighted by Crippen LogP contribution is -2.76. The average molecular weight is 272 g/mol. The molecule has 0 radical (unpaired) electrons. The molecule has 0 aromatic carbocycles. The molecule has 2 bridgehead atoms. The maximum Gasteiger partial charge on any atom is 0.405 e. The van der Waals surface area contributed by atoms with Crippen LogP contribution < -0.4 is 5.32 Å². The number of hydrogen-bond acceptors (Lipinski definition) is 3. The van der Waals surface area contributed by atoms with Gasteiger partial charge < -0.3 is 15.0 Å². The molecule has 0 saturated heterocycles. The number of nitrogens with one attached hydrogen (secondary N) is 1. The van der Waals surface area contributed by atoms with Crippen LogP contribution in [-0.2, 0) is 11.4 Å². The van der Waals surface area contributed by atoms with E-state index in [0.717, 1.165) is 25.0 Å². The Morgan fingerprint density at radius 3 is 2.28 bits per heavy atom. The molecule has 1 atom stereocenters. The van der Waals surface area contributed by atoms with Crippen LogP contribution in [0.5, 0.6) is 0 Å². The summed E-state index contributed by atoms with van der Waals surface area (Å²) in [5.74, 6) is 0. The van der Waals surface area contributed by atoms with Crippen molar-refractivity contribution in [2.75, 3.05) is 0 Å². The van der Waals surface area contributed by atoms with Gasteiger partial charge in [-0.25, -0.2) is 4.79 Å². The lowest BCUT2D eigenvalue weighted by Gasteiger charge is -2.69. The van der Waals surface area contributed by atoms with Gasteiger partial charge in [-0.15, -0.1) is 0 Å². The van der Waals surface area contributed by atoms with Crippen LogP contribution in [0.15, 0.2) is 4.40 Å². The van der Waals surface area contributed by atoms with Crippen molar-refractivity contribution in [2.24, 2.45) is 9.81 Å². The smallest absolute Gasteiger partial charge is 0.405 e. The molecule has 3 saturated carbocycles. The highest BCUT2D eigenvalue weighted by molar-refractivity contribution is 7.91. The van der Waals surface area contributed by atoms with E-state index in [-0.39, 0.29) is 15.7 Å². The molecule has 1 unspecified atom stereocenters. The van der Waals surface area contributed by atoms with Gasteiger partial charge in [0.2, 0.25) is 0 Å². The Hall–Kier alpha value is -0.750. The molecule has 102 valence electrons. The van der Waals surface area contributed by atoms with Crippen LogP contribution >= 0.6 is 0 Å². The summed E-state index contributed by atoms with van der Waals surface area (Å²) in [7, 11) is 0. The topological polar surface area (TPSA) is 84.8 Å². The Morgan fingerprint density at radius 1 is 1.39 bits per heavy atom. The third-order valence-electron chi connectivity index (χ3n) is 3.91. The highest BCUT2D eigenvalue weighted by atomic mass is 32.2. The zero-order chi connectivity index (χ0) is 13.8. The predicted octanol–water partition coefficient (Wildman–Crippen LogP) is 2.10. The molecule has 3 rings (SSSR count). The summed E-state index contributed by atoms with van der Waals surface area (Å²) >= 11 is -1.23. The van der Waals surface area contributed by atoms with Gasteiger partial charge in [0.15, 0.2) is 0 Å². The summed E-state index contributed by atoms with van der Waals surface area (Å²) in [5.41, 5.74) is 0.680. The Kier molecular flexibility index (Phi) is 2.94. The van der Waals surface area contributed by atoms with Gasteiger partial charge in [-0.2, -0.15) is 0 Å². The molecule has 0 spiro atoms. The van der Waals surface area contributed by atoms with Crippen LogP contribution in [0, 0.1) is 5.41 Å². The molecule has 6 heteroatoms. The Labute approximate surface area is 110 Å². The second kappa shape index (κ2) is 3.87. The highest BCUT2D eigenvalue weighted by Crippen LogP contribution is 2.67. The van der Waals surface area contributed by atoms with E-state index < -0.39 is 17.5 Å². The summed E-state index contributed by atoms with van der Waals surface area (Å²) in [6.07, 6.45) is 1.42. The molecule has 3 fully saturated rings. The van der Waals surface area contributed by atoms with Crippen molar-refractivity contribution < 1.29 is 14.5 Å². The van der Waals surface area contributed by atoms with Gasteiger partial charge >= 0.3 is 6.09 Å². The van der Waals surface area contributed by atoms with Crippen molar-refractivity contribution in [3.05, 3.63) is 0 Å². The fraction of sp³-hybridized carbons (Fsp3) is 0.833. The monoisotopic (exact) mass is 272 g/mol. The minimum atomic E-state index is -1.23. The van der Waals surface area contributed by atoms with E-state index in [0.29, 0.717) is 0 Å². The SMILES string of the molecule is C/C(=N\[S+]([O-])C(C)(C)C)C12CC(NC(=O)O)(C1)C2. The van der Waals surface area contributed by atoms with Crippen LogP contribution in [0.4, 0.5) is 4.79 Å². The first-order chi connectivity index (χ1) is 8.09. The number of carboxylic acid groups (broad SMARTS) is 1. The summed E-state index contributed by atoms with van der Waals surface area (Å²) in [6.45, 7) is 7.60. The molecular formula is C12H20N2O3S. The number of rotatable bonds is 3. The van der Waals surface area contributed by atoms with Crippen LogP contribution in [0.1, 0.15) is 47.0 Å². The van der Waals surface area contributed by atoms with Gasteiger partial charge in [-0.05, 0) is 47.0 Å². The van der Waals surface area contributed by atoms with Gasteiger partial charge in [-0.1, -0.05) is 4.40 Å². The van der Waals surface area contributed by atoms with Crippen LogP contribution in [-0.4, -0.2) is 31.8 Å². The normalized spacial score (nSPS) is 36.4.